The molecule has 0 saturated carbocycles. The predicted octanol–water partition coefficient (Wildman–Crippen LogP) is 25.1. The van der Waals surface area contributed by atoms with Gasteiger partial charge in [0, 0.05) is 35.8 Å². The molecule has 21 rings (SSSR count). The van der Waals surface area contributed by atoms with Crippen molar-refractivity contribution in [2.75, 3.05) is 22.9 Å². The molecule has 0 unspecified atom stereocenters. The molecule has 0 radical (unpaired) electrons. The maximum absolute atomic E-state index is 2.77. The van der Waals surface area contributed by atoms with Gasteiger partial charge in [-0.2, -0.15) is 0 Å². The Kier molecular flexibility index (Phi) is 15.1. The minimum atomic E-state index is -0.0899. The molecule has 2 nitrogen and oxygen atoms in total. The van der Waals surface area contributed by atoms with E-state index in [1.54, 1.807) is 0 Å². The van der Waals surface area contributed by atoms with Gasteiger partial charge in [0.2, 0.25) is 0 Å². The summed E-state index contributed by atoms with van der Waals surface area (Å²) in [5.41, 5.74) is 28.7. The highest BCUT2D eigenvalue weighted by molar-refractivity contribution is 7.00. The summed E-state index contributed by atoms with van der Waals surface area (Å²) < 4.78 is 0. The maximum Gasteiger partial charge on any atom is 0.252 e. The molecule has 19 aromatic rings. The SMILES string of the molecule is CC(C)(C)Cc1cc2c3c(c1)N(CCc1c(-c4ccccc4)cccc1-c1ccccc1)c1ccc(Cc4cc5cccc6c7cccc8cccc(c(c4)c56)c87)cc1B3c1cc(Cc3cc4cccc5c6cccc7cccc(c(c3)c45)c76)ccc1N2CCc1c(-c2ccccc2)cccc1-c1ccccc1. The van der Waals surface area contributed by atoms with Crippen LogP contribution in [0.15, 0.2) is 340 Å². The molecular formula is C105H79BN2. The molecule has 0 atom stereocenters. The van der Waals surface area contributed by atoms with Gasteiger partial charge in [0.15, 0.2) is 0 Å². The number of hydrogen-bond donors (Lipinski definition) is 0. The molecular weight excluding hydrogens is 1300 g/mol. The highest BCUT2D eigenvalue weighted by Crippen LogP contribution is 2.47. The number of anilines is 4. The number of fused-ring (bicyclic) bond motifs is 8. The summed E-state index contributed by atoms with van der Waals surface area (Å²) in [5, 5.41) is 21.2. The average Bonchev–Trinajstić information content (AvgIpc) is 0.697. The molecule has 512 valence electrons. The van der Waals surface area contributed by atoms with E-state index in [0.717, 1.165) is 45.2 Å². The van der Waals surface area contributed by atoms with Crippen molar-refractivity contribution in [1.82, 2.24) is 0 Å². The zero-order chi connectivity index (χ0) is 71.7. The van der Waals surface area contributed by atoms with E-state index in [1.165, 1.54) is 209 Å². The summed E-state index contributed by atoms with van der Waals surface area (Å²) in [4.78, 5) is 5.55. The first-order chi connectivity index (χ1) is 53.2. The van der Waals surface area contributed by atoms with Crippen LogP contribution in [0.1, 0.15) is 59.7 Å². The maximum atomic E-state index is 2.77. The lowest BCUT2D eigenvalue weighted by atomic mass is 9.33. The van der Waals surface area contributed by atoms with Crippen molar-refractivity contribution in [3.05, 3.63) is 379 Å². The molecule has 0 aromatic heterocycles. The van der Waals surface area contributed by atoms with Crippen LogP contribution >= 0.6 is 0 Å². The summed E-state index contributed by atoms with van der Waals surface area (Å²) in [6.45, 7) is 8.67. The van der Waals surface area contributed by atoms with Crippen LogP contribution in [0.3, 0.4) is 0 Å². The molecule has 0 saturated heterocycles. The molecule has 0 aliphatic carbocycles. The highest BCUT2D eigenvalue weighted by Gasteiger charge is 2.43. The van der Waals surface area contributed by atoms with Gasteiger partial charge in [-0.15, -0.1) is 0 Å². The lowest BCUT2D eigenvalue weighted by Gasteiger charge is -2.45. The van der Waals surface area contributed by atoms with Crippen LogP contribution in [-0.4, -0.2) is 19.8 Å². The second-order valence-electron chi connectivity index (χ2n) is 31.8. The van der Waals surface area contributed by atoms with Gasteiger partial charge in [-0.05, 0) is 248 Å². The van der Waals surface area contributed by atoms with Crippen molar-refractivity contribution in [3.8, 4) is 44.5 Å². The molecule has 0 fully saturated rings. The van der Waals surface area contributed by atoms with Crippen molar-refractivity contribution in [2.24, 2.45) is 5.41 Å². The minimum Gasteiger partial charge on any atom is -0.342 e. The van der Waals surface area contributed by atoms with E-state index < -0.39 is 0 Å². The molecule has 2 aliphatic rings. The molecule has 0 amide bonds. The Balaban J connectivity index is 0.787. The van der Waals surface area contributed by atoms with Gasteiger partial charge in [0.1, 0.15) is 0 Å². The van der Waals surface area contributed by atoms with Crippen LogP contribution in [0.4, 0.5) is 22.7 Å². The van der Waals surface area contributed by atoms with Gasteiger partial charge in [-0.25, -0.2) is 0 Å². The largest absolute Gasteiger partial charge is 0.342 e. The van der Waals surface area contributed by atoms with E-state index in [4.69, 9.17) is 0 Å². The van der Waals surface area contributed by atoms with Gasteiger partial charge in [-0.3, -0.25) is 0 Å². The summed E-state index contributed by atoms with van der Waals surface area (Å²) in [6.07, 6.45) is 4.12. The normalized spacial score (nSPS) is 12.8. The van der Waals surface area contributed by atoms with Gasteiger partial charge < -0.3 is 9.80 Å². The Morgan fingerprint density at radius 1 is 0.259 bits per heavy atom. The van der Waals surface area contributed by atoms with Crippen LogP contribution in [-0.2, 0) is 32.1 Å². The third kappa shape index (κ3) is 10.8. The number of nitrogens with zero attached hydrogens (tertiary/aromatic N) is 2. The molecule has 2 aliphatic heterocycles. The van der Waals surface area contributed by atoms with E-state index in [-0.39, 0.29) is 12.1 Å². The smallest absolute Gasteiger partial charge is 0.252 e. The molecule has 0 N–H and O–H groups in total. The first-order valence-corrected chi connectivity index (χ1v) is 38.8. The lowest BCUT2D eigenvalue weighted by Crippen LogP contribution is -2.62. The van der Waals surface area contributed by atoms with E-state index >= 15 is 0 Å². The summed E-state index contributed by atoms with van der Waals surface area (Å²) >= 11 is 0. The van der Waals surface area contributed by atoms with E-state index in [9.17, 15) is 0 Å². The van der Waals surface area contributed by atoms with Crippen LogP contribution in [0.5, 0.6) is 0 Å². The van der Waals surface area contributed by atoms with Gasteiger partial charge in [0.05, 0.1) is 0 Å². The molecule has 19 aromatic carbocycles. The molecule has 3 heteroatoms. The number of rotatable bonds is 15. The Morgan fingerprint density at radius 3 is 0.935 bits per heavy atom. The summed E-state index contributed by atoms with van der Waals surface area (Å²) in [6, 6.07) is 130. The quantitative estimate of drug-likeness (QED) is 0.0573. The van der Waals surface area contributed by atoms with E-state index in [0.29, 0.717) is 0 Å². The monoisotopic (exact) mass is 1380 g/mol. The van der Waals surface area contributed by atoms with Crippen molar-refractivity contribution in [2.45, 2.75) is 52.9 Å². The van der Waals surface area contributed by atoms with Gasteiger partial charge in [0.25, 0.3) is 6.71 Å². The van der Waals surface area contributed by atoms with Crippen LogP contribution in [0.2, 0.25) is 0 Å². The third-order valence-corrected chi connectivity index (χ3v) is 23.9. The standard InChI is InChI=1S/C105H79BN2/c1-105(2,3)66-71-64-98-104-99(65-71)108(55-53-85-82(74-28-12-6-13-29-74)40-23-41-83(85)75-30-14-7-15-31-75)97-51-49-68(57-70-59-79-37-21-45-89-87-43-17-33-77-35-19-47-91(101(77)87)93(61-70)103(79)89)63-95(97)106(104)94-62-67(56-69-58-78-36-20-44-88-86-42-16-32-76-34-18-46-90(100(76)86)92(60-69)102(78)88)48-50-96(94)107(98)54-52-84-80(72-24-8-4-9-25-72)38-22-39-81(84)73-26-10-5-11-27-73/h4-51,58-65H,52-57,66H2,1-3H3. The second kappa shape index (κ2) is 25.6. The minimum absolute atomic E-state index is 0.00874. The molecule has 0 spiro atoms. The van der Waals surface area contributed by atoms with Crippen molar-refractivity contribution >= 4 is 132 Å². The van der Waals surface area contributed by atoms with Crippen LogP contribution in [0.25, 0.3) is 131 Å². The molecule has 2 heterocycles. The Labute approximate surface area is 632 Å². The highest BCUT2D eigenvalue weighted by atomic mass is 15.2. The topological polar surface area (TPSA) is 6.48 Å². The number of benzene rings is 19. The Morgan fingerprint density at radius 2 is 0.583 bits per heavy atom. The van der Waals surface area contributed by atoms with Crippen molar-refractivity contribution in [3.63, 3.8) is 0 Å². The predicted molar refractivity (Wildman–Crippen MR) is 464 cm³/mol. The first kappa shape index (κ1) is 63.9. The van der Waals surface area contributed by atoms with Gasteiger partial charge in [-0.1, -0.05) is 336 Å². The molecule has 108 heavy (non-hydrogen) atoms. The van der Waals surface area contributed by atoms with Crippen LogP contribution < -0.4 is 26.2 Å². The fourth-order valence-corrected chi connectivity index (χ4v) is 19.6. The Bertz CT molecular complexity index is 6230. The lowest BCUT2D eigenvalue weighted by molar-refractivity contribution is 0.411. The zero-order valence-electron chi connectivity index (χ0n) is 61.3. The molecule has 0 bridgehead atoms. The zero-order valence-corrected chi connectivity index (χ0v) is 61.3. The fourth-order valence-electron chi connectivity index (χ4n) is 19.6. The van der Waals surface area contributed by atoms with E-state index in [2.05, 4.69) is 370 Å². The number of hydrogen-bond acceptors (Lipinski definition) is 2. The fraction of sp³-hybridized carbons (Fsp3) is 0.105. The first-order valence-electron chi connectivity index (χ1n) is 38.8. The summed E-state index contributed by atoms with van der Waals surface area (Å²) in [5.74, 6) is 0. The van der Waals surface area contributed by atoms with Crippen LogP contribution in [0, 0.1) is 5.41 Å². The van der Waals surface area contributed by atoms with Gasteiger partial charge >= 0.3 is 0 Å². The second-order valence-corrected chi connectivity index (χ2v) is 31.8. The van der Waals surface area contributed by atoms with E-state index in [1.807, 2.05) is 0 Å². The van der Waals surface area contributed by atoms with Crippen molar-refractivity contribution < 1.29 is 0 Å². The average molecular weight is 1380 g/mol. The summed E-state index contributed by atoms with van der Waals surface area (Å²) in [7, 11) is 0. The Hall–Kier alpha value is -12.6. The third-order valence-electron chi connectivity index (χ3n) is 23.9. The van der Waals surface area contributed by atoms with Crippen molar-refractivity contribution in [1.29, 1.82) is 0 Å².